The lowest BCUT2D eigenvalue weighted by Crippen LogP contribution is -2.50. The zero-order chi connectivity index (χ0) is 20.1. The third-order valence-corrected chi connectivity index (χ3v) is 4.87. The Hall–Kier alpha value is -3.22. The minimum atomic E-state index is -0.290. The fourth-order valence-electron chi connectivity index (χ4n) is 3.10. The van der Waals surface area contributed by atoms with Crippen LogP contribution in [0.1, 0.15) is 40.3 Å². The molecule has 0 unspecified atom stereocenters. The molecule has 7 nitrogen and oxygen atoms in total. The third kappa shape index (κ3) is 4.54. The van der Waals surface area contributed by atoms with E-state index in [9.17, 15) is 14.4 Å². The Labute approximate surface area is 164 Å². The molecule has 2 heterocycles. The van der Waals surface area contributed by atoms with E-state index in [2.05, 4.69) is 17.2 Å². The predicted molar refractivity (Wildman–Crippen MR) is 106 cm³/mol. The first-order chi connectivity index (χ1) is 13.5. The van der Waals surface area contributed by atoms with Crippen molar-refractivity contribution in [3.8, 4) is 0 Å². The number of carbonyl (C=O) groups is 3. The van der Waals surface area contributed by atoms with Crippen LogP contribution in [0.15, 0.2) is 42.6 Å². The van der Waals surface area contributed by atoms with E-state index in [0.717, 1.165) is 6.42 Å². The first-order valence-electron chi connectivity index (χ1n) is 9.39. The Morgan fingerprint density at radius 2 is 1.64 bits per heavy atom. The first kappa shape index (κ1) is 19.5. The number of nitrogens with zero attached hydrogens (tertiary/aromatic N) is 3. The topological polar surface area (TPSA) is 82.6 Å². The summed E-state index contributed by atoms with van der Waals surface area (Å²) in [5.41, 5.74) is 2.50. The number of hydrogen-bond donors (Lipinski definition) is 1. The van der Waals surface area contributed by atoms with Crippen LogP contribution in [-0.4, -0.2) is 58.7 Å². The van der Waals surface area contributed by atoms with Crippen molar-refractivity contribution in [3.63, 3.8) is 0 Å². The predicted octanol–water partition coefficient (Wildman–Crippen LogP) is 2.20. The molecular weight excluding hydrogens is 356 g/mol. The Bertz CT molecular complexity index is 871. The average Bonchev–Trinajstić information content (AvgIpc) is 2.74. The maximum Gasteiger partial charge on any atom is 0.272 e. The van der Waals surface area contributed by atoms with Crippen LogP contribution in [0.3, 0.4) is 0 Å². The summed E-state index contributed by atoms with van der Waals surface area (Å²) in [5, 5.41) is 2.84. The van der Waals surface area contributed by atoms with E-state index >= 15 is 0 Å². The first-order valence-corrected chi connectivity index (χ1v) is 9.39. The monoisotopic (exact) mass is 380 g/mol. The molecule has 0 aliphatic carbocycles. The number of pyridine rings is 1. The van der Waals surface area contributed by atoms with Crippen molar-refractivity contribution in [1.29, 1.82) is 0 Å². The largest absolute Gasteiger partial charge is 0.339 e. The van der Waals surface area contributed by atoms with Crippen LogP contribution in [0.4, 0.5) is 5.69 Å². The number of piperazine rings is 1. The van der Waals surface area contributed by atoms with Crippen molar-refractivity contribution in [3.05, 3.63) is 59.4 Å². The molecular formula is C21H24N4O3. The van der Waals surface area contributed by atoms with Gasteiger partial charge in [-0.05, 0) is 36.2 Å². The molecule has 0 bridgehead atoms. The normalized spacial score (nSPS) is 13.9. The molecule has 1 fully saturated rings. The standard InChI is InChI=1S/C21H24N4O3/c1-3-16-4-6-18(7-5-16)23-20(27)17-8-9-22-19(14-17)21(28)25-12-10-24(11-13-25)15(2)26/h4-9,14H,3,10-13H2,1-2H3,(H,23,27). The number of aryl methyl sites for hydroxylation is 1. The number of hydrogen-bond acceptors (Lipinski definition) is 4. The number of nitrogens with one attached hydrogen (secondary N) is 1. The molecule has 0 spiro atoms. The summed E-state index contributed by atoms with van der Waals surface area (Å²) in [7, 11) is 0. The molecule has 7 heteroatoms. The smallest absolute Gasteiger partial charge is 0.272 e. The molecule has 0 saturated carbocycles. The van der Waals surface area contributed by atoms with Gasteiger partial charge in [-0.3, -0.25) is 19.4 Å². The van der Waals surface area contributed by atoms with Crippen LogP contribution in [0.5, 0.6) is 0 Å². The lowest BCUT2D eigenvalue weighted by Gasteiger charge is -2.34. The van der Waals surface area contributed by atoms with Gasteiger partial charge in [0.05, 0.1) is 0 Å². The number of aromatic nitrogens is 1. The van der Waals surface area contributed by atoms with Crippen LogP contribution in [0, 0.1) is 0 Å². The Kier molecular flexibility index (Phi) is 6.03. The summed E-state index contributed by atoms with van der Waals surface area (Å²) in [6, 6.07) is 10.8. The highest BCUT2D eigenvalue weighted by Gasteiger charge is 2.24. The van der Waals surface area contributed by atoms with E-state index in [0.29, 0.717) is 37.4 Å². The van der Waals surface area contributed by atoms with Crippen molar-refractivity contribution in [2.45, 2.75) is 20.3 Å². The van der Waals surface area contributed by atoms with Crippen LogP contribution < -0.4 is 5.32 Å². The van der Waals surface area contributed by atoms with E-state index < -0.39 is 0 Å². The minimum Gasteiger partial charge on any atom is -0.339 e. The molecule has 1 aliphatic rings. The number of rotatable bonds is 4. The molecule has 2 aromatic rings. The second kappa shape index (κ2) is 8.65. The molecule has 1 saturated heterocycles. The van der Waals surface area contributed by atoms with Crippen molar-refractivity contribution >= 4 is 23.4 Å². The summed E-state index contributed by atoms with van der Waals surface area (Å²) >= 11 is 0. The number of anilines is 1. The van der Waals surface area contributed by atoms with E-state index in [1.807, 2.05) is 24.3 Å². The molecule has 146 valence electrons. The number of carbonyl (C=O) groups excluding carboxylic acids is 3. The van der Waals surface area contributed by atoms with Gasteiger partial charge >= 0.3 is 0 Å². The van der Waals surface area contributed by atoms with E-state index in [1.54, 1.807) is 15.9 Å². The van der Waals surface area contributed by atoms with Crippen molar-refractivity contribution in [2.24, 2.45) is 0 Å². The molecule has 1 N–H and O–H groups in total. The molecule has 0 radical (unpaired) electrons. The van der Waals surface area contributed by atoms with Crippen LogP contribution in [-0.2, 0) is 11.2 Å². The van der Waals surface area contributed by atoms with Gasteiger partial charge < -0.3 is 15.1 Å². The van der Waals surface area contributed by atoms with Crippen LogP contribution in [0.25, 0.3) is 0 Å². The number of benzene rings is 1. The van der Waals surface area contributed by atoms with Gasteiger partial charge in [0.1, 0.15) is 5.69 Å². The molecule has 1 aromatic heterocycles. The maximum atomic E-state index is 12.7. The fourth-order valence-corrected chi connectivity index (χ4v) is 3.10. The van der Waals surface area contributed by atoms with Crippen LogP contribution >= 0.6 is 0 Å². The van der Waals surface area contributed by atoms with E-state index in [-0.39, 0.29) is 23.4 Å². The molecule has 0 atom stereocenters. The van der Waals surface area contributed by atoms with Crippen LogP contribution in [0.2, 0.25) is 0 Å². The SMILES string of the molecule is CCc1ccc(NC(=O)c2ccnc(C(=O)N3CCN(C(C)=O)CC3)c2)cc1. The highest BCUT2D eigenvalue weighted by Crippen LogP contribution is 2.13. The number of amides is 3. The average molecular weight is 380 g/mol. The molecule has 3 amide bonds. The second-order valence-electron chi connectivity index (χ2n) is 6.73. The Morgan fingerprint density at radius 3 is 2.25 bits per heavy atom. The van der Waals surface area contributed by atoms with Crippen molar-refractivity contribution in [1.82, 2.24) is 14.8 Å². The van der Waals surface area contributed by atoms with Gasteiger partial charge in [-0.1, -0.05) is 19.1 Å². The molecule has 3 rings (SSSR count). The summed E-state index contributed by atoms with van der Waals surface area (Å²) in [6.45, 7) is 5.53. The fraction of sp³-hybridized carbons (Fsp3) is 0.333. The minimum absolute atomic E-state index is 0.0101. The quantitative estimate of drug-likeness (QED) is 0.882. The lowest BCUT2D eigenvalue weighted by atomic mass is 10.1. The summed E-state index contributed by atoms with van der Waals surface area (Å²) in [6.07, 6.45) is 2.40. The summed E-state index contributed by atoms with van der Waals surface area (Å²) < 4.78 is 0. The van der Waals surface area contributed by atoms with Gasteiger partial charge in [0, 0.05) is 50.6 Å². The van der Waals surface area contributed by atoms with Crippen molar-refractivity contribution < 1.29 is 14.4 Å². The highest BCUT2D eigenvalue weighted by molar-refractivity contribution is 6.05. The third-order valence-electron chi connectivity index (χ3n) is 4.87. The summed E-state index contributed by atoms with van der Waals surface area (Å²) in [4.78, 5) is 44.2. The highest BCUT2D eigenvalue weighted by atomic mass is 16.2. The Balaban J connectivity index is 1.66. The molecule has 28 heavy (non-hydrogen) atoms. The molecule has 1 aliphatic heterocycles. The van der Waals surface area contributed by atoms with Gasteiger partial charge in [-0.15, -0.1) is 0 Å². The van der Waals surface area contributed by atoms with Gasteiger partial charge in [-0.25, -0.2) is 0 Å². The van der Waals surface area contributed by atoms with Gasteiger partial charge in [0.25, 0.3) is 11.8 Å². The van der Waals surface area contributed by atoms with Gasteiger partial charge in [0.15, 0.2) is 0 Å². The Morgan fingerprint density at radius 1 is 1.00 bits per heavy atom. The van der Waals surface area contributed by atoms with E-state index in [4.69, 9.17) is 0 Å². The zero-order valence-corrected chi connectivity index (χ0v) is 16.1. The zero-order valence-electron chi connectivity index (χ0n) is 16.1. The lowest BCUT2D eigenvalue weighted by molar-refractivity contribution is -0.130. The summed E-state index contributed by atoms with van der Waals surface area (Å²) in [5.74, 6) is -0.511. The van der Waals surface area contributed by atoms with E-state index in [1.165, 1.54) is 24.8 Å². The maximum absolute atomic E-state index is 12.7. The second-order valence-corrected chi connectivity index (χ2v) is 6.73. The molecule has 1 aromatic carbocycles. The van der Waals surface area contributed by atoms with Gasteiger partial charge in [0.2, 0.25) is 5.91 Å². The van der Waals surface area contributed by atoms with Gasteiger partial charge in [-0.2, -0.15) is 0 Å². The van der Waals surface area contributed by atoms with Crippen molar-refractivity contribution in [2.75, 3.05) is 31.5 Å².